The Morgan fingerprint density at radius 3 is 2.90 bits per heavy atom. The minimum Gasteiger partial charge on any atom is -0.370 e. The van der Waals surface area contributed by atoms with E-state index < -0.39 is 0 Å². The van der Waals surface area contributed by atoms with E-state index in [0.29, 0.717) is 18.5 Å². The van der Waals surface area contributed by atoms with Crippen molar-refractivity contribution in [2.45, 2.75) is 45.2 Å². The molecule has 21 heavy (non-hydrogen) atoms. The molecule has 0 unspecified atom stereocenters. The van der Waals surface area contributed by atoms with Crippen LogP contribution in [0.4, 0.5) is 0 Å². The van der Waals surface area contributed by atoms with Crippen LogP contribution in [0.2, 0.25) is 0 Å². The van der Waals surface area contributed by atoms with Gasteiger partial charge in [0.1, 0.15) is 5.65 Å². The predicted molar refractivity (Wildman–Crippen MR) is 96.1 cm³/mol. The number of nitrogens with zero attached hydrogens (tertiary/aromatic N) is 3. The van der Waals surface area contributed by atoms with E-state index in [9.17, 15) is 0 Å². The minimum absolute atomic E-state index is 0. The largest absolute Gasteiger partial charge is 0.370 e. The van der Waals surface area contributed by atoms with Crippen molar-refractivity contribution in [3.8, 4) is 0 Å². The maximum Gasteiger partial charge on any atom is 0.189 e. The summed E-state index contributed by atoms with van der Waals surface area (Å²) in [6.07, 6.45) is 7.00. The fraction of sp³-hybridized carbons (Fsp3) is 0.467. The molecular weight excluding hydrogens is 377 g/mol. The molecule has 0 saturated heterocycles. The Balaban J connectivity index is 0.00000161. The lowest BCUT2D eigenvalue weighted by Crippen LogP contribution is -2.38. The summed E-state index contributed by atoms with van der Waals surface area (Å²) in [6.45, 7) is 2.59. The zero-order valence-corrected chi connectivity index (χ0v) is 14.6. The van der Waals surface area contributed by atoms with E-state index in [1.165, 1.54) is 31.4 Å². The smallest absolute Gasteiger partial charge is 0.189 e. The van der Waals surface area contributed by atoms with Crippen LogP contribution in [0.15, 0.2) is 29.4 Å². The number of rotatable bonds is 3. The van der Waals surface area contributed by atoms with Crippen molar-refractivity contribution in [2.75, 3.05) is 0 Å². The highest BCUT2D eigenvalue weighted by Crippen LogP contribution is 2.17. The van der Waals surface area contributed by atoms with Crippen molar-refractivity contribution < 1.29 is 0 Å². The van der Waals surface area contributed by atoms with Crippen molar-refractivity contribution in [2.24, 2.45) is 10.7 Å². The molecular formula is C15H22IN5. The third-order valence-electron chi connectivity index (χ3n) is 3.86. The number of aliphatic imine (C=N–C) groups is 1. The van der Waals surface area contributed by atoms with Crippen LogP contribution in [-0.4, -0.2) is 21.4 Å². The van der Waals surface area contributed by atoms with Gasteiger partial charge >= 0.3 is 0 Å². The van der Waals surface area contributed by atoms with Crippen LogP contribution < -0.4 is 11.1 Å². The first-order chi connectivity index (χ1) is 9.72. The number of nitrogens with one attached hydrogen (secondary N) is 1. The number of imidazole rings is 1. The molecule has 3 N–H and O–H groups in total. The first kappa shape index (κ1) is 16.1. The van der Waals surface area contributed by atoms with Crippen LogP contribution in [0.5, 0.6) is 0 Å². The Hall–Kier alpha value is -1.31. The number of hydrogen-bond donors (Lipinski definition) is 2. The summed E-state index contributed by atoms with van der Waals surface area (Å²) in [7, 11) is 0. The molecule has 114 valence electrons. The quantitative estimate of drug-likeness (QED) is 0.474. The summed E-state index contributed by atoms with van der Waals surface area (Å²) in [5.41, 5.74) is 8.99. The monoisotopic (exact) mass is 399 g/mol. The highest BCUT2D eigenvalue weighted by Gasteiger charge is 2.14. The summed E-state index contributed by atoms with van der Waals surface area (Å²) < 4.78 is 2.07. The van der Waals surface area contributed by atoms with Gasteiger partial charge in [0.25, 0.3) is 0 Å². The standard InChI is InChI=1S/C15H21N5.HI/c1-11-5-4-8-14-18-13(10-20(11)14)9-17-15(16)19-12-6-2-3-7-12;/h4-5,8,10,12H,2-3,6-7,9H2,1H3,(H3,16,17,19);1H. The van der Waals surface area contributed by atoms with Gasteiger partial charge in [-0.25, -0.2) is 9.98 Å². The highest BCUT2D eigenvalue weighted by atomic mass is 127. The fourth-order valence-electron chi connectivity index (χ4n) is 2.77. The minimum atomic E-state index is 0. The molecule has 5 nitrogen and oxygen atoms in total. The molecule has 2 aromatic heterocycles. The van der Waals surface area contributed by atoms with E-state index in [2.05, 4.69) is 32.7 Å². The molecule has 0 aromatic carbocycles. The van der Waals surface area contributed by atoms with Gasteiger partial charge in [-0.05, 0) is 31.9 Å². The van der Waals surface area contributed by atoms with Gasteiger partial charge in [-0.1, -0.05) is 18.9 Å². The molecule has 2 heterocycles. The van der Waals surface area contributed by atoms with Crippen molar-refractivity contribution in [1.82, 2.24) is 14.7 Å². The normalized spacial score (nSPS) is 16.1. The van der Waals surface area contributed by atoms with Crippen LogP contribution in [0.25, 0.3) is 5.65 Å². The maximum atomic E-state index is 5.93. The van der Waals surface area contributed by atoms with E-state index in [1.807, 2.05) is 18.3 Å². The Labute approximate surface area is 142 Å². The van der Waals surface area contributed by atoms with Crippen LogP contribution in [-0.2, 0) is 6.54 Å². The van der Waals surface area contributed by atoms with Crippen LogP contribution in [0.3, 0.4) is 0 Å². The zero-order chi connectivity index (χ0) is 13.9. The molecule has 1 aliphatic carbocycles. The Bertz CT molecular complexity index is 628. The van der Waals surface area contributed by atoms with Gasteiger partial charge in [-0.2, -0.15) is 0 Å². The first-order valence-corrected chi connectivity index (χ1v) is 7.22. The van der Waals surface area contributed by atoms with Crippen molar-refractivity contribution >= 4 is 35.6 Å². The first-order valence-electron chi connectivity index (χ1n) is 7.22. The molecule has 6 heteroatoms. The molecule has 0 spiro atoms. The van der Waals surface area contributed by atoms with Crippen molar-refractivity contribution in [1.29, 1.82) is 0 Å². The number of fused-ring (bicyclic) bond motifs is 1. The molecule has 3 rings (SSSR count). The number of guanidine groups is 1. The molecule has 0 aliphatic heterocycles. The lowest BCUT2D eigenvalue weighted by Gasteiger charge is -2.11. The number of halogens is 1. The topological polar surface area (TPSA) is 67.7 Å². The predicted octanol–water partition coefficient (Wildman–Crippen LogP) is 2.61. The summed E-state index contributed by atoms with van der Waals surface area (Å²) in [5, 5.41) is 3.29. The number of pyridine rings is 1. The SMILES string of the molecule is Cc1cccc2nc(CN=C(N)NC3CCCC3)cn12.I. The molecule has 1 saturated carbocycles. The molecule has 0 bridgehead atoms. The second-order valence-electron chi connectivity index (χ2n) is 5.45. The van der Waals surface area contributed by atoms with Gasteiger partial charge < -0.3 is 15.5 Å². The van der Waals surface area contributed by atoms with E-state index in [4.69, 9.17) is 5.73 Å². The third-order valence-corrected chi connectivity index (χ3v) is 3.86. The number of aromatic nitrogens is 2. The third kappa shape index (κ3) is 3.87. The van der Waals surface area contributed by atoms with Gasteiger partial charge in [0.15, 0.2) is 5.96 Å². The van der Waals surface area contributed by atoms with Crippen LogP contribution in [0.1, 0.15) is 37.1 Å². The van der Waals surface area contributed by atoms with Gasteiger partial charge in [0, 0.05) is 17.9 Å². The summed E-state index contributed by atoms with van der Waals surface area (Å²) in [4.78, 5) is 8.94. The zero-order valence-electron chi connectivity index (χ0n) is 12.2. The van der Waals surface area contributed by atoms with Gasteiger partial charge in [0.05, 0.1) is 12.2 Å². The number of hydrogen-bond acceptors (Lipinski definition) is 2. The average Bonchev–Trinajstić information content (AvgIpc) is 3.06. The summed E-state index contributed by atoms with van der Waals surface area (Å²) >= 11 is 0. The second kappa shape index (κ2) is 7.11. The lowest BCUT2D eigenvalue weighted by atomic mass is 10.2. The van der Waals surface area contributed by atoms with E-state index in [0.717, 1.165) is 11.3 Å². The number of nitrogens with two attached hydrogens (primary N) is 1. The van der Waals surface area contributed by atoms with Crippen molar-refractivity contribution in [3.05, 3.63) is 35.8 Å². The maximum absolute atomic E-state index is 5.93. The Morgan fingerprint density at radius 2 is 2.19 bits per heavy atom. The second-order valence-corrected chi connectivity index (χ2v) is 5.45. The lowest BCUT2D eigenvalue weighted by molar-refractivity contribution is 0.625. The molecule has 1 aliphatic rings. The van der Waals surface area contributed by atoms with E-state index in [-0.39, 0.29) is 24.0 Å². The average molecular weight is 399 g/mol. The molecule has 0 radical (unpaired) electrons. The van der Waals surface area contributed by atoms with E-state index in [1.54, 1.807) is 0 Å². The number of aryl methyl sites for hydroxylation is 1. The summed E-state index contributed by atoms with van der Waals surface area (Å²) in [5.74, 6) is 0.533. The Morgan fingerprint density at radius 1 is 1.43 bits per heavy atom. The summed E-state index contributed by atoms with van der Waals surface area (Å²) in [6, 6.07) is 6.58. The highest BCUT2D eigenvalue weighted by molar-refractivity contribution is 14.0. The van der Waals surface area contributed by atoms with Crippen LogP contribution >= 0.6 is 24.0 Å². The van der Waals surface area contributed by atoms with Gasteiger partial charge in [-0.15, -0.1) is 24.0 Å². The van der Waals surface area contributed by atoms with Crippen molar-refractivity contribution in [3.63, 3.8) is 0 Å². The van der Waals surface area contributed by atoms with Gasteiger partial charge in [0.2, 0.25) is 0 Å². The molecule has 0 atom stereocenters. The van der Waals surface area contributed by atoms with Crippen LogP contribution in [0, 0.1) is 6.92 Å². The fourth-order valence-corrected chi connectivity index (χ4v) is 2.77. The molecule has 0 amide bonds. The molecule has 2 aromatic rings. The Kier molecular flexibility index (Phi) is 5.44. The van der Waals surface area contributed by atoms with E-state index >= 15 is 0 Å². The molecule has 1 fully saturated rings. The van der Waals surface area contributed by atoms with Gasteiger partial charge in [-0.3, -0.25) is 0 Å².